The van der Waals surface area contributed by atoms with Gasteiger partial charge in [0.05, 0.1) is 31.6 Å². The first-order valence-electron chi connectivity index (χ1n) is 15.5. The summed E-state index contributed by atoms with van der Waals surface area (Å²) < 4.78 is 65.3. The molecule has 49 heavy (non-hydrogen) atoms. The minimum Gasteiger partial charge on any atom is -0.467 e. The first-order valence-corrected chi connectivity index (χ1v) is 19.2. The molecule has 1 aromatic carbocycles. The third-order valence-electron chi connectivity index (χ3n) is 7.15. The Hall–Kier alpha value is -4.38. The Morgan fingerprint density at radius 2 is 1.67 bits per heavy atom. The van der Waals surface area contributed by atoms with Crippen LogP contribution in [-0.2, 0) is 35.3 Å². The van der Waals surface area contributed by atoms with E-state index < -0.39 is 68.1 Å². The van der Waals surface area contributed by atoms with E-state index in [0.29, 0.717) is 17.3 Å². The van der Waals surface area contributed by atoms with E-state index in [1.807, 2.05) is 0 Å². The quantitative estimate of drug-likeness (QED) is 0.104. The van der Waals surface area contributed by atoms with Crippen molar-refractivity contribution < 1.29 is 51.3 Å². The molecule has 0 spiro atoms. The summed E-state index contributed by atoms with van der Waals surface area (Å²) in [4.78, 5) is 56.3. The lowest BCUT2D eigenvalue weighted by atomic mass is 10.0. The average molecular weight is 712 g/mol. The van der Waals surface area contributed by atoms with E-state index in [2.05, 4.69) is 35.0 Å². The van der Waals surface area contributed by atoms with Gasteiger partial charge in [-0.15, -0.1) is 0 Å². The highest BCUT2D eigenvalue weighted by Crippen LogP contribution is 2.38. The second-order valence-corrected chi connectivity index (χ2v) is 19.1. The zero-order valence-corrected chi connectivity index (χ0v) is 29.9. The number of imidazole rings is 1. The van der Waals surface area contributed by atoms with Gasteiger partial charge in [0.15, 0.2) is 0 Å². The Kier molecular flexibility index (Phi) is 12.7. The van der Waals surface area contributed by atoms with E-state index in [1.165, 1.54) is 24.4 Å². The topological polar surface area (TPSA) is 150 Å². The van der Waals surface area contributed by atoms with E-state index in [0.717, 1.165) is 26.3 Å². The third kappa shape index (κ3) is 11.1. The number of alkyl halides is 3. The van der Waals surface area contributed by atoms with E-state index in [1.54, 1.807) is 31.4 Å². The molecule has 2 heterocycles. The van der Waals surface area contributed by atoms with Gasteiger partial charge in [0.25, 0.3) is 0 Å². The number of nitrogens with zero attached hydrogens (tertiary/aromatic N) is 3. The lowest BCUT2D eigenvalue weighted by molar-refractivity contribution is -0.172. The number of esters is 1. The van der Waals surface area contributed by atoms with Crippen molar-refractivity contribution in [1.29, 1.82) is 0 Å². The fourth-order valence-electron chi connectivity index (χ4n) is 4.81. The molecule has 0 saturated carbocycles. The lowest BCUT2D eigenvalue weighted by Crippen LogP contribution is -2.51. The van der Waals surface area contributed by atoms with Crippen LogP contribution < -0.4 is 15.5 Å². The molecule has 0 fully saturated rings. The number of amides is 3. The molecule has 1 aliphatic heterocycles. The first-order chi connectivity index (χ1) is 22.7. The van der Waals surface area contributed by atoms with Gasteiger partial charge in [0.2, 0.25) is 0 Å². The number of methoxy groups -OCH3 is 2. The molecule has 0 aliphatic carbocycles. The number of fused-ring (bicyclic) bond motifs is 4. The number of alkyl carbamates (subject to hydrolysis) is 1. The monoisotopic (exact) mass is 711 g/mol. The molecule has 13 nitrogen and oxygen atoms in total. The maximum Gasteiger partial charge on any atom is 0.471 e. The standard InChI is InChI=1S/C32H44F3N5O8Si/c1-31(2,3)48-30(44)38-22-11-9-10-12-24(27(41)45-4)40(28(42)32(33,34)35)25-17-20(36-29(43)46-5)13-14-21(25)23-18-39(26(22)37-23)19-47-15-16-49(6,7)8/h9-10,13-14,17-18,22,24H,11-12,15-16,19H2,1-8H3,(H,36,43)(H,38,44)/b10-9+/t22-,24+/m0/s1. The largest absolute Gasteiger partial charge is 0.471 e. The van der Waals surface area contributed by atoms with Crippen LogP contribution in [-0.4, -0.2) is 80.3 Å². The van der Waals surface area contributed by atoms with Crippen LogP contribution in [0.5, 0.6) is 0 Å². The van der Waals surface area contributed by atoms with Crippen LogP contribution in [0.15, 0.2) is 36.5 Å². The summed E-state index contributed by atoms with van der Waals surface area (Å²) in [6.45, 7) is 12.1. The molecule has 17 heteroatoms. The van der Waals surface area contributed by atoms with Gasteiger partial charge in [-0.1, -0.05) is 31.8 Å². The summed E-state index contributed by atoms with van der Waals surface area (Å²) in [5, 5.41) is 5.20. The molecule has 1 aliphatic rings. The summed E-state index contributed by atoms with van der Waals surface area (Å²) in [6.07, 6.45) is -2.89. The molecule has 1 aromatic heterocycles. The Morgan fingerprint density at radius 3 is 2.27 bits per heavy atom. The molecule has 0 saturated heterocycles. The van der Waals surface area contributed by atoms with E-state index in [4.69, 9.17) is 19.2 Å². The van der Waals surface area contributed by atoms with Crippen LogP contribution in [0.4, 0.5) is 34.1 Å². The minimum atomic E-state index is -5.41. The van der Waals surface area contributed by atoms with Crippen molar-refractivity contribution in [3.63, 3.8) is 0 Å². The Balaban J connectivity index is 2.32. The lowest BCUT2D eigenvalue weighted by Gasteiger charge is -2.32. The SMILES string of the molecule is COC(=O)Nc1ccc2c(c1)N(C(=O)C(F)(F)F)[C@@H](C(=O)OC)C/C=C/C[C@H](NC(=O)OC(C)(C)C)c1nc-2cn1COCC[Si](C)(C)C. The smallest absolute Gasteiger partial charge is 0.467 e. The molecule has 0 unspecified atom stereocenters. The van der Waals surface area contributed by atoms with E-state index in [9.17, 15) is 32.3 Å². The maximum atomic E-state index is 14.2. The molecule has 2 aromatic rings. The zero-order chi connectivity index (χ0) is 36.7. The zero-order valence-electron chi connectivity index (χ0n) is 28.9. The van der Waals surface area contributed by atoms with Crippen molar-refractivity contribution in [2.45, 2.75) is 89.9 Å². The number of ether oxygens (including phenoxy) is 4. The van der Waals surface area contributed by atoms with Crippen molar-refractivity contribution in [3.05, 3.63) is 42.4 Å². The Labute approximate surface area is 284 Å². The van der Waals surface area contributed by atoms with Gasteiger partial charge in [-0.3, -0.25) is 15.0 Å². The minimum absolute atomic E-state index is 0.00425. The molecule has 0 radical (unpaired) electrons. The van der Waals surface area contributed by atoms with Crippen LogP contribution >= 0.6 is 0 Å². The molecule has 2 bridgehead atoms. The van der Waals surface area contributed by atoms with Crippen LogP contribution in [0.1, 0.15) is 45.5 Å². The van der Waals surface area contributed by atoms with Crippen LogP contribution in [0.25, 0.3) is 11.3 Å². The Bertz CT molecular complexity index is 1550. The molecular formula is C32H44F3N5O8Si. The molecule has 2 atom stereocenters. The highest BCUT2D eigenvalue weighted by molar-refractivity contribution is 6.76. The van der Waals surface area contributed by atoms with Gasteiger partial charge >= 0.3 is 30.2 Å². The normalized spacial score (nSPS) is 17.5. The predicted octanol–water partition coefficient (Wildman–Crippen LogP) is 6.39. The summed E-state index contributed by atoms with van der Waals surface area (Å²) in [5.41, 5.74) is -1.15. The van der Waals surface area contributed by atoms with Crippen LogP contribution in [0.2, 0.25) is 25.7 Å². The number of rotatable bonds is 8. The average Bonchev–Trinajstić information content (AvgIpc) is 3.41. The second kappa shape index (κ2) is 15.9. The van der Waals surface area contributed by atoms with Crippen molar-refractivity contribution in [2.75, 3.05) is 31.0 Å². The number of carbonyl (C=O) groups excluding carboxylic acids is 4. The van der Waals surface area contributed by atoms with Crippen molar-refractivity contribution >= 4 is 43.5 Å². The van der Waals surface area contributed by atoms with Gasteiger partial charge < -0.3 is 28.8 Å². The van der Waals surface area contributed by atoms with Crippen molar-refractivity contribution in [3.8, 4) is 11.3 Å². The molecule has 3 amide bonds. The number of halogens is 3. The van der Waals surface area contributed by atoms with Crippen molar-refractivity contribution in [2.24, 2.45) is 0 Å². The molecular weight excluding hydrogens is 667 g/mol. The summed E-state index contributed by atoms with van der Waals surface area (Å²) in [6, 6.07) is 2.10. The van der Waals surface area contributed by atoms with Crippen molar-refractivity contribution in [1.82, 2.24) is 14.9 Å². The van der Waals surface area contributed by atoms with E-state index >= 15 is 0 Å². The maximum absolute atomic E-state index is 14.2. The Morgan fingerprint density at radius 1 is 1.00 bits per heavy atom. The third-order valence-corrected chi connectivity index (χ3v) is 8.85. The molecule has 3 rings (SSSR count). The van der Waals surface area contributed by atoms with E-state index in [-0.39, 0.29) is 30.1 Å². The fourth-order valence-corrected chi connectivity index (χ4v) is 5.57. The molecule has 270 valence electrons. The van der Waals surface area contributed by atoms with Gasteiger partial charge in [0.1, 0.15) is 24.2 Å². The van der Waals surface area contributed by atoms with Gasteiger partial charge in [0, 0.05) is 32.1 Å². The number of aromatic nitrogens is 2. The number of carbonyl (C=O) groups is 4. The van der Waals surface area contributed by atoms with Crippen LogP contribution in [0, 0.1) is 0 Å². The predicted molar refractivity (Wildman–Crippen MR) is 178 cm³/mol. The highest BCUT2D eigenvalue weighted by atomic mass is 28.3. The number of anilines is 2. The number of hydrogen-bond donors (Lipinski definition) is 2. The number of nitrogens with one attached hydrogen (secondary N) is 2. The summed E-state index contributed by atoms with van der Waals surface area (Å²) in [5.74, 6) is -3.18. The highest BCUT2D eigenvalue weighted by Gasteiger charge is 2.48. The number of hydrogen-bond acceptors (Lipinski definition) is 9. The second-order valence-electron chi connectivity index (χ2n) is 13.5. The number of benzene rings is 1. The molecule has 2 N–H and O–H groups in total. The van der Waals surface area contributed by atoms with Gasteiger partial charge in [-0.2, -0.15) is 13.2 Å². The van der Waals surface area contributed by atoms with Crippen LogP contribution in [0.3, 0.4) is 0 Å². The fraction of sp³-hybridized carbons (Fsp3) is 0.531. The summed E-state index contributed by atoms with van der Waals surface area (Å²) >= 11 is 0. The van der Waals surface area contributed by atoms with Gasteiger partial charge in [-0.25, -0.2) is 19.4 Å². The summed E-state index contributed by atoms with van der Waals surface area (Å²) in [7, 11) is 0.635. The van der Waals surface area contributed by atoms with Gasteiger partial charge in [-0.05, 0) is 57.9 Å². The first kappa shape index (κ1) is 39.1.